The van der Waals surface area contributed by atoms with Crippen molar-refractivity contribution in [3.05, 3.63) is 35.8 Å². The molecule has 3 atom stereocenters. The summed E-state index contributed by atoms with van der Waals surface area (Å²) < 4.78 is 10.6. The number of amides is 1. The maximum Gasteiger partial charge on any atom is 0.410 e. The summed E-state index contributed by atoms with van der Waals surface area (Å²) in [5.74, 6) is -2.22. The number of furan rings is 1. The zero-order valence-corrected chi connectivity index (χ0v) is 16.5. The van der Waals surface area contributed by atoms with Crippen LogP contribution in [0.1, 0.15) is 32.3 Å². The van der Waals surface area contributed by atoms with E-state index in [-0.39, 0.29) is 18.8 Å². The third-order valence-electron chi connectivity index (χ3n) is 5.34. The Labute approximate surface area is 169 Å². The summed E-state index contributed by atoms with van der Waals surface area (Å²) in [7, 11) is 0. The van der Waals surface area contributed by atoms with Gasteiger partial charge in [0.1, 0.15) is 11.5 Å². The van der Waals surface area contributed by atoms with Gasteiger partial charge in [-0.1, -0.05) is 6.08 Å². The van der Waals surface area contributed by atoms with Gasteiger partial charge in [-0.25, -0.2) is 4.79 Å². The average Bonchev–Trinajstić information content (AvgIpc) is 3.19. The highest BCUT2D eigenvalue weighted by molar-refractivity contribution is 6.00. The Morgan fingerprint density at radius 1 is 1.34 bits per heavy atom. The van der Waals surface area contributed by atoms with Crippen molar-refractivity contribution < 1.29 is 13.9 Å². The Morgan fingerprint density at radius 3 is 2.55 bits per heavy atom. The van der Waals surface area contributed by atoms with Crippen LogP contribution in [0.2, 0.25) is 0 Å². The van der Waals surface area contributed by atoms with E-state index in [0.29, 0.717) is 11.1 Å². The van der Waals surface area contributed by atoms with Crippen molar-refractivity contribution in [2.75, 3.05) is 13.1 Å². The molecule has 0 bridgehead atoms. The summed E-state index contributed by atoms with van der Waals surface area (Å²) in [5.41, 5.74) is -1.49. The normalized spacial score (nSPS) is 25.7. The SMILES string of the molecule is CC(C)(C)OC(=O)N1CC=C2C(C#N)C(=N)C(C#N)(C#N)[C@H](c3ccoc3)[C@H]2C1. The van der Waals surface area contributed by atoms with E-state index < -0.39 is 34.9 Å². The van der Waals surface area contributed by atoms with Gasteiger partial charge < -0.3 is 19.5 Å². The van der Waals surface area contributed by atoms with E-state index in [2.05, 4.69) is 6.07 Å². The monoisotopic (exact) mass is 391 g/mol. The van der Waals surface area contributed by atoms with Crippen LogP contribution in [-0.4, -0.2) is 35.4 Å². The van der Waals surface area contributed by atoms with E-state index in [0.717, 1.165) is 0 Å². The molecular weight excluding hydrogens is 370 g/mol. The van der Waals surface area contributed by atoms with Crippen molar-refractivity contribution in [3.63, 3.8) is 0 Å². The minimum absolute atomic E-state index is 0.174. The van der Waals surface area contributed by atoms with E-state index >= 15 is 0 Å². The number of ether oxygens (including phenoxy) is 1. The number of hydrogen-bond acceptors (Lipinski definition) is 7. The van der Waals surface area contributed by atoms with Crippen molar-refractivity contribution >= 4 is 11.8 Å². The van der Waals surface area contributed by atoms with Gasteiger partial charge in [-0.3, -0.25) is 0 Å². The molecule has 0 aromatic carbocycles. The lowest BCUT2D eigenvalue weighted by Gasteiger charge is -2.47. The molecule has 2 aliphatic rings. The smallest absolute Gasteiger partial charge is 0.410 e. The molecule has 148 valence electrons. The first-order valence-electron chi connectivity index (χ1n) is 9.19. The number of nitrogens with zero attached hydrogens (tertiary/aromatic N) is 4. The van der Waals surface area contributed by atoms with Gasteiger partial charge in [0.25, 0.3) is 0 Å². The van der Waals surface area contributed by atoms with Gasteiger partial charge in [0, 0.05) is 24.9 Å². The molecule has 0 spiro atoms. The Hall–Kier alpha value is -3.57. The first-order chi connectivity index (χ1) is 13.7. The lowest BCUT2D eigenvalue weighted by molar-refractivity contribution is 0.0222. The average molecular weight is 391 g/mol. The van der Waals surface area contributed by atoms with Gasteiger partial charge in [0.05, 0.1) is 36.4 Å². The van der Waals surface area contributed by atoms with Gasteiger partial charge in [0.2, 0.25) is 0 Å². The molecule has 1 aliphatic carbocycles. The predicted octanol–water partition coefficient (Wildman–Crippen LogP) is 3.36. The summed E-state index contributed by atoms with van der Waals surface area (Å²) >= 11 is 0. The lowest BCUT2D eigenvalue weighted by Crippen LogP contribution is -2.54. The van der Waals surface area contributed by atoms with Crippen LogP contribution in [0.4, 0.5) is 4.79 Å². The molecule has 2 heterocycles. The van der Waals surface area contributed by atoms with Crippen LogP contribution in [0.5, 0.6) is 0 Å². The molecule has 1 aliphatic heterocycles. The molecule has 1 aromatic heterocycles. The summed E-state index contributed by atoms with van der Waals surface area (Å²) in [5, 5.41) is 38.1. The van der Waals surface area contributed by atoms with E-state index in [1.165, 1.54) is 17.4 Å². The predicted molar refractivity (Wildman–Crippen MR) is 101 cm³/mol. The Balaban J connectivity index is 2.10. The standard InChI is InChI=1S/C21H21N5O3/c1-20(2,3)29-19(27)26-6-4-14-15(8-22)18(25)21(11-23,12-24)17(16(14)9-26)13-5-7-28-10-13/h4-5,7,10,15-17,25H,6,9H2,1-3H3/t15?,16-,17+/m0/s1. The molecule has 1 aromatic rings. The van der Waals surface area contributed by atoms with Crippen LogP contribution in [0.15, 0.2) is 34.7 Å². The molecule has 1 N–H and O–H groups in total. The molecule has 8 nitrogen and oxygen atoms in total. The largest absolute Gasteiger partial charge is 0.472 e. The van der Waals surface area contributed by atoms with Crippen LogP contribution in [0, 0.1) is 56.7 Å². The number of carbonyl (C=O) groups excluding carboxylic acids is 1. The third-order valence-corrected chi connectivity index (χ3v) is 5.34. The second kappa shape index (κ2) is 7.11. The summed E-state index contributed by atoms with van der Waals surface area (Å²) in [6.45, 7) is 5.72. The molecule has 1 unspecified atom stereocenters. The molecule has 1 fully saturated rings. The molecule has 1 saturated carbocycles. The quantitative estimate of drug-likeness (QED) is 0.728. The van der Waals surface area contributed by atoms with Crippen LogP contribution in [0.25, 0.3) is 0 Å². The molecule has 0 radical (unpaired) electrons. The van der Waals surface area contributed by atoms with Crippen LogP contribution in [0.3, 0.4) is 0 Å². The summed E-state index contributed by atoms with van der Waals surface area (Å²) in [6, 6.07) is 7.71. The number of hydrogen-bond donors (Lipinski definition) is 1. The van der Waals surface area contributed by atoms with E-state index in [1.54, 1.807) is 32.9 Å². The molecular formula is C21H21N5O3. The molecule has 0 saturated heterocycles. The number of fused-ring (bicyclic) bond motifs is 1. The number of nitrogens with one attached hydrogen (secondary N) is 1. The van der Waals surface area contributed by atoms with E-state index in [1.807, 2.05) is 12.1 Å². The first kappa shape index (κ1) is 20.2. The molecule has 1 amide bonds. The van der Waals surface area contributed by atoms with Crippen LogP contribution in [-0.2, 0) is 4.74 Å². The third kappa shape index (κ3) is 3.26. The van der Waals surface area contributed by atoms with Crippen LogP contribution >= 0.6 is 0 Å². The van der Waals surface area contributed by atoms with Gasteiger partial charge in [-0.15, -0.1) is 0 Å². The van der Waals surface area contributed by atoms with Crippen molar-refractivity contribution in [1.82, 2.24) is 4.90 Å². The van der Waals surface area contributed by atoms with Crippen LogP contribution < -0.4 is 0 Å². The summed E-state index contributed by atoms with van der Waals surface area (Å²) in [6.07, 6.45) is 4.12. The highest BCUT2D eigenvalue weighted by atomic mass is 16.6. The Bertz CT molecular complexity index is 967. The highest BCUT2D eigenvalue weighted by Crippen LogP contribution is 2.53. The van der Waals surface area contributed by atoms with Gasteiger partial charge in [0.15, 0.2) is 5.41 Å². The van der Waals surface area contributed by atoms with Gasteiger partial charge >= 0.3 is 6.09 Å². The van der Waals surface area contributed by atoms with Gasteiger partial charge in [-0.05, 0) is 38.0 Å². The maximum atomic E-state index is 12.6. The Morgan fingerprint density at radius 2 is 2.03 bits per heavy atom. The molecule has 3 rings (SSSR count). The van der Waals surface area contributed by atoms with Crippen molar-refractivity contribution in [2.24, 2.45) is 17.3 Å². The fraction of sp³-hybridized carbons (Fsp3) is 0.476. The fourth-order valence-electron chi connectivity index (χ4n) is 4.11. The number of nitriles is 3. The molecule has 8 heteroatoms. The minimum Gasteiger partial charge on any atom is -0.472 e. The fourth-order valence-corrected chi connectivity index (χ4v) is 4.11. The number of rotatable bonds is 1. The van der Waals surface area contributed by atoms with Crippen molar-refractivity contribution in [1.29, 1.82) is 21.2 Å². The van der Waals surface area contributed by atoms with E-state index in [9.17, 15) is 20.6 Å². The maximum absolute atomic E-state index is 12.6. The zero-order valence-electron chi connectivity index (χ0n) is 16.5. The van der Waals surface area contributed by atoms with Crippen molar-refractivity contribution in [3.8, 4) is 18.2 Å². The summed E-state index contributed by atoms with van der Waals surface area (Å²) in [4.78, 5) is 14.1. The minimum atomic E-state index is -1.83. The Kier molecular flexibility index (Phi) is 4.95. The van der Waals surface area contributed by atoms with Gasteiger partial charge in [-0.2, -0.15) is 15.8 Å². The highest BCUT2D eigenvalue weighted by Gasteiger charge is 2.58. The first-order valence-corrected chi connectivity index (χ1v) is 9.19. The second-order valence-corrected chi connectivity index (χ2v) is 8.24. The molecule has 29 heavy (non-hydrogen) atoms. The number of carbonyl (C=O) groups is 1. The van der Waals surface area contributed by atoms with E-state index in [4.69, 9.17) is 14.6 Å². The second-order valence-electron chi connectivity index (χ2n) is 8.24. The lowest BCUT2D eigenvalue weighted by atomic mass is 9.54. The van der Waals surface area contributed by atoms with Crippen molar-refractivity contribution in [2.45, 2.75) is 32.3 Å². The zero-order chi connectivity index (χ0) is 21.4. The topological polar surface area (TPSA) is 138 Å².